The third-order valence-electron chi connectivity index (χ3n) is 4.60. The third kappa shape index (κ3) is 5.76. The van der Waals surface area contributed by atoms with Gasteiger partial charge in [-0.1, -0.05) is 24.3 Å². The molecule has 0 bridgehead atoms. The first-order valence-corrected chi connectivity index (χ1v) is 11.2. The van der Waals surface area contributed by atoms with Crippen LogP contribution in [0.3, 0.4) is 0 Å². The van der Waals surface area contributed by atoms with Crippen LogP contribution in [0.2, 0.25) is 0 Å². The molecule has 3 rings (SSSR count). The van der Waals surface area contributed by atoms with Gasteiger partial charge in [0.2, 0.25) is 5.91 Å². The van der Waals surface area contributed by atoms with E-state index in [1.54, 1.807) is 24.3 Å². The van der Waals surface area contributed by atoms with Crippen LogP contribution in [-0.4, -0.2) is 45.2 Å². The highest BCUT2D eigenvalue weighted by Crippen LogP contribution is 2.23. The number of halogens is 1. The van der Waals surface area contributed by atoms with E-state index in [0.29, 0.717) is 10.1 Å². The van der Waals surface area contributed by atoms with Crippen LogP contribution in [0.4, 0.5) is 15.8 Å². The highest BCUT2D eigenvalue weighted by molar-refractivity contribution is 7.90. The molecule has 0 atom stereocenters. The molecule has 0 aliphatic rings. The first-order valence-electron chi connectivity index (χ1n) is 9.84. The average molecular weight is 475 g/mol. The van der Waals surface area contributed by atoms with Crippen LogP contribution < -0.4 is 14.9 Å². The molecular weight excluding hydrogens is 451 g/mol. The summed E-state index contributed by atoms with van der Waals surface area (Å²) in [6.45, 7) is -0.556. The maximum Gasteiger partial charge on any atom is 0.304 e. The molecule has 2 amide bonds. The van der Waals surface area contributed by atoms with Gasteiger partial charge in [0.15, 0.2) is 0 Å². The molecule has 33 heavy (non-hydrogen) atoms. The Labute approximate surface area is 191 Å². The second-order valence-electron chi connectivity index (χ2n) is 7.10. The molecule has 0 saturated heterocycles. The van der Waals surface area contributed by atoms with Crippen LogP contribution in [0.25, 0.3) is 0 Å². The molecule has 0 aliphatic carbocycles. The Bertz CT molecular complexity index is 1230. The van der Waals surface area contributed by atoms with Crippen LogP contribution in [0.5, 0.6) is 0 Å². The number of furan rings is 1. The fraction of sp³-hybridized carbons (Fsp3) is 0.182. The van der Waals surface area contributed by atoms with Crippen molar-refractivity contribution in [3.63, 3.8) is 0 Å². The Morgan fingerprint density at radius 1 is 1.00 bits per heavy atom. The Kier molecular flexibility index (Phi) is 7.46. The minimum atomic E-state index is -4.19. The summed E-state index contributed by atoms with van der Waals surface area (Å²) in [5, 5.41) is 5.23. The molecule has 0 radical (unpaired) electrons. The molecule has 2 aromatic carbocycles. The van der Waals surface area contributed by atoms with Crippen molar-refractivity contribution < 1.29 is 26.8 Å². The molecule has 0 unspecified atom stereocenters. The number of benzene rings is 2. The lowest BCUT2D eigenvalue weighted by molar-refractivity contribution is -0.114. The summed E-state index contributed by atoms with van der Waals surface area (Å²) < 4.78 is 46.6. The van der Waals surface area contributed by atoms with Crippen molar-refractivity contribution >= 4 is 33.4 Å². The minimum Gasteiger partial charge on any atom is -0.467 e. The Morgan fingerprint density at radius 2 is 1.70 bits per heavy atom. The number of amides is 2. The van der Waals surface area contributed by atoms with E-state index in [4.69, 9.17) is 4.42 Å². The number of hydrogen-bond donors (Lipinski definition) is 2. The molecule has 1 heterocycles. The fourth-order valence-corrected chi connectivity index (χ4v) is 4.00. The van der Waals surface area contributed by atoms with Crippen molar-refractivity contribution in [1.82, 2.24) is 9.62 Å². The van der Waals surface area contributed by atoms with Crippen LogP contribution in [0.1, 0.15) is 16.1 Å². The molecule has 3 aromatic rings. The summed E-state index contributed by atoms with van der Waals surface area (Å²) in [5.41, 5.74) is 0.0753. The Balaban J connectivity index is 1.80. The minimum absolute atomic E-state index is 0.149. The molecule has 0 spiro atoms. The zero-order chi connectivity index (χ0) is 24.0. The van der Waals surface area contributed by atoms with E-state index in [1.165, 1.54) is 50.7 Å². The van der Waals surface area contributed by atoms with Crippen molar-refractivity contribution in [2.45, 2.75) is 6.54 Å². The highest BCUT2D eigenvalue weighted by Gasteiger charge is 2.29. The number of para-hydroxylation sites is 2. The lowest BCUT2D eigenvalue weighted by Gasteiger charge is -2.27. The van der Waals surface area contributed by atoms with Gasteiger partial charge in [0.25, 0.3) is 5.91 Å². The molecule has 2 N–H and O–H groups in total. The topological polar surface area (TPSA) is 112 Å². The number of anilines is 2. The molecule has 0 saturated carbocycles. The van der Waals surface area contributed by atoms with Crippen LogP contribution in [-0.2, 0) is 21.5 Å². The van der Waals surface area contributed by atoms with E-state index in [0.717, 1.165) is 10.4 Å². The van der Waals surface area contributed by atoms with E-state index in [2.05, 4.69) is 10.6 Å². The third-order valence-corrected chi connectivity index (χ3v) is 6.40. The lowest BCUT2D eigenvalue weighted by atomic mass is 10.1. The van der Waals surface area contributed by atoms with Crippen LogP contribution in [0.15, 0.2) is 71.3 Å². The molecule has 0 fully saturated rings. The first kappa shape index (κ1) is 24.0. The normalized spacial score (nSPS) is 11.3. The van der Waals surface area contributed by atoms with Gasteiger partial charge in [0.05, 0.1) is 29.7 Å². The van der Waals surface area contributed by atoms with Crippen molar-refractivity contribution in [1.29, 1.82) is 0 Å². The van der Waals surface area contributed by atoms with Crippen molar-refractivity contribution in [3.8, 4) is 0 Å². The van der Waals surface area contributed by atoms with Crippen molar-refractivity contribution in [2.75, 3.05) is 30.3 Å². The van der Waals surface area contributed by atoms with E-state index in [1.807, 2.05) is 0 Å². The van der Waals surface area contributed by atoms with E-state index in [-0.39, 0.29) is 23.5 Å². The quantitative estimate of drug-likeness (QED) is 0.495. The second-order valence-corrected chi connectivity index (χ2v) is 9.17. The SMILES string of the molecule is CN(C)S(=O)(=O)N(CC(=O)Nc1ccccc1C(=O)NCc1ccco1)c1ccccc1F. The van der Waals surface area contributed by atoms with Crippen LogP contribution >= 0.6 is 0 Å². The fourth-order valence-electron chi connectivity index (χ4n) is 2.93. The zero-order valence-corrected chi connectivity index (χ0v) is 18.8. The van der Waals surface area contributed by atoms with Gasteiger partial charge in [0.1, 0.15) is 18.1 Å². The van der Waals surface area contributed by atoms with E-state index < -0.39 is 34.4 Å². The van der Waals surface area contributed by atoms with Crippen molar-refractivity contribution in [2.24, 2.45) is 0 Å². The monoisotopic (exact) mass is 474 g/mol. The second kappa shape index (κ2) is 10.3. The van der Waals surface area contributed by atoms with Crippen LogP contribution in [0, 0.1) is 5.82 Å². The number of carbonyl (C=O) groups is 2. The zero-order valence-electron chi connectivity index (χ0n) is 18.0. The van der Waals surface area contributed by atoms with Crippen molar-refractivity contribution in [3.05, 3.63) is 84.1 Å². The maximum absolute atomic E-state index is 14.4. The van der Waals surface area contributed by atoms with Gasteiger partial charge in [-0.3, -0.25) is 9.59 Å². The van der Waals surface area contributed by atoms with Gasteiger partial charge >= 0.3 is 10.2 Å². The Morgan fingerprint density at radius 3 is 2.36 bits per heavy atom. The summed E-state index contributed by atoms with van der Waals surface area (Å²) in [4.78, 5) is 25.4. The lowest BCUT2D eigenvalue weighted by Crippen LogP contribution is -2.44. The summed E-state index contributed by atoms with van der Waals surface area (Å²) in [5.74, 6) is -1.46. The van der Waals surface area contributed by atoms with Gasteiger partial charge in [-0.15, -0.1) is 0 Å². The predicted molar refractivity (Wildman–Crippen MR) is 121 cm³/mol. The molecule has 174 valence electrons. The standard InChI is InChI=1S/C22H23FN4O5S/c1-26(2)33(30,31)27(20-12-6-4-10-18(20)23)15-21(28)25-19-11-5-3-9-17(19)22(29)24-14-16-8-7-13-32-16/h3-13H,14-15H2,1-2H3,(H,24,29)(H,25,28). The summed E-state index contributed by atoms with van der Waals surface area (Å²) in [6.07, 6.45) is 1.48. The highest BCUT2D eigenvalue weighted by atomic mass is 32.2. The molecule has 9 nitrogen and oxygen atoms in total. The summed E-state index contributed by atoms with van der Waals surface area (Å²) in [6, 6.07) is 14.9. The van der Waals surface area contributed by atoms with Gasteiger partial charge < -0.3 is 15.1 Å². The van der Waals surface area contributed by atoms with E-state index >= 15 is 0 Å². The van der Waals surface area contributed by atoms with Gasteiger partial charge in [-0.05, 0) is 36.4 Å². The number of nitrogens with zero attached hydrogens (tertiary/aromatic N) is 2. The summed E-state index contributed by atoms with van der Waals surface area (Å²) in [7, 11) is -1.63. The average Bonchev–Trinajstić information content (AvgIpc) is 3.30. The number of hydrogen-bond acceptors (Lipinski definition) is 5. The first-order chi connectivity index (χ1) is 15.7. The number of rotatable bonds is 9. The van der Waals surface area contributed by atoms with Gasteiger partial charge in [0, 0.05) is 14.1 Å². The molecule has 11 heteroatoms. The van der Waals surface area contributed by atoms with Gasteiger partial charge in [-0.2, -0.15) is 12.7 Å². The van der Waals surface area contributed by atoms with E-state index in [9.17, 15) is 22.4 Å². The molecule has 0 aliphatic heterocycles. The molecule has 1 aromatic heterocycles. The summed E-state index contributed by atoms with van der Waals surface area (Å²) >= 11 is 0. The Hall–Kier alpha value is -3.70. The number of carbonyl (C=O) groups excluding carboxylic acids is 2. The largest absolute Gasteiger partial charge is 0.467 e. The molecular formula is C22H23FN4O5S. The predicted octanol–water partition coefficient (Wildman–Crippen LogP) is 2.60. The maximum atomic E-state index is 14.4. The number of nitrogens with one attached hydrogen (secondary N) is 2. The van der Waals surface area contributed by atoms with Gasteiger partial charge in [-0.25, -0.2) is 8.70 Å². The smallest absolute Gasteiger partial charge is 0.304 e.